The Morgan fingerprint density at radius 3 is 2.35 bits per heavy atom. The van der Waals surface area contributed by atoms with E-state index in [2.05, 4.69) is 4.74 Å². The molecule has 9 heteroatoms. The predicted octanol–water partition coefficient (Wildman–Crippen LogP) is 3.98. The molecule has 1 heterocycles. The first-order chi connectivity index (χ1) is 10.5. The Bertz CT molecular complexity index is 723. The number of rotatable bonds is 2. The Morgan fingerprint density at radius 1 is 1.26 bits per heavy atom. The molecule has 1 saturated heterocycles. The minimum absolute atomic E-state index is 0.169. The van der Waals surface area contributed by atoms with Crippen LogP contribution in [0.25, 0.3) is 0 Å². The molecule has 4 nitrogen and oxygen atoms in total. The number of carbonyl (C=O) groups is 2. The molecule has 124 valence electrons. The van der Waals surface area contributed by atoms with Crippen molar-refractivity contribution in [1.29, 1.82) is 0 Å². The van der Waals surface area contributed by atoms with E-state index in [0.29, 0.717) is 22.6 Å². The van der Waals surface area contributed by atoms with Crippen molar-refractivity contribution in [2.75, 3.05) is 4.90 Å². The third-order valence-corrected chi connectivity index (χ3v) is 3.41. The van der Waals surface area contributed by atoms with Gasteiger partial charge in [0.25, 0.3) is 5.91 Å². The molecule has 0 aromatic heterocycles. The number of ether oxygens (including phenoxy) is 1. The standard InChI is InChI=1S/C14H10ClF4NO3/c1-6(2)7-3-12(21)20(13(7)22)10-5-11(23-14(17,18)19)8(15)4-9(10)16/h4-5H,3H2,1-2H3. The van der Waals surface area contributed by atoms with Crippen LogP contribution in [0.4, 0.5) is 23.2 Å². The summed E-state index contributed by atoms with van der Waals surface area (Å²) in [7, 11) is 0. The van der Waals surface area contributed by atoms with Gasteiger partial charge < -0.3 is 4.74 Å². The number of halogens is 5. The summed E-state index contributed by atoms with van der Waals surface area (Å²) in [5.74, 6) is -3.54. The fourth-order valence-corrected chi connectivity index (χ4v) is 2.27. The molecule has 23 heavy (non-hydrogen) atoms. The lowest BCUT2D eigenvalue weighted by Crippen LogP contribution is -2.30. The summed E-state index contributed by atoms with van der Waals surface area (Å²) < 4.78 is 54.6. The summed E-state index contributed by atoms with van der Waals surface area (Å²) in [6.45, 7) is 3.20. The summed E-state index contributed by atoms with van der Waals surface area (Å²) in [6, 6.07) is 1.13. The van der Waals surface area contributed by atoms with Crippen LogP contribution in [0.1, 0.15) is 20.3 Å². The van der Waals surface area contributed by atoms with E-state index in [0.717, 1.165) is 0 Å². The van der Waals surface area contributed by atoms with Crippen molar-refractivity contribution in [2.45, 2.75) is 26.6 Å². The summed E-state index contributed by atoms with van der Waals surface area (Å²) in [5, 5.41) is -0.634. The van der Waals surface area contributed by atoms with Gasteiger partial charge in [-0.1, -0.05) is 17.2 Å². The van der Waals surface area contributed by atoms with E-state index in [9.17, 15) is 27.2 Å². The van der Waals surface area contributed by atoms with Crippen LogP contribution >= 0.6 is 11.6 Å². The van der Waals surface area contributed by atoms with Gasteiger partial charge in [0.2, 0.25) is 5.91 Å². The van der Waals surface area contributed by atoms with Gasteiger partial charge in [-0.05, 0) is 19.9 Å². The molecule has 0 bridgehead atoms. The maximum atomic E-state index is 14.0. The molecule has 1 aromatic rings. The number of allylic oxidation sites excluding steroid dienone is 1. The van der Waals surface area contributed by atoms with Gasteiger partial charge in [-0.25, -0.2) is 9.29 Å². The zero-order chi connectivity index (χ0) is 17.5. The number of benzene rings is 1. The molecule has 2 amide bonds. The van der Waals surface area contributed by atoms with Gasteiger partial charge in [0.1, 0.15) is 11.6 Å². The molecule has 1 fully saturated rings. The van der Waals surface area contributed by atoms with E-state index in [4.69, 9.17) is 11.6 Å². The van der Waals surface area contributed by atoms with Crippen molar-refractivity contribution in [3.63, 3.8) is 0 Å². The van der Waals surface area contributed by atoms with Crippen molar-refractivity contribution >= 4 is 29.1 Å². The Morgan fingerprint density at radius 2 is 1.87 bits per heavy atom. The number of anilines is 1. The van der Waals surface area contributed by atoms with Crippen LogP contribution in [0.3, 0.4) is 0 Å². The van der Waals surface area contributed by atoms with Gasteiger partial charge in [0, 0.05) is 11.6 Å². The molecule has 2 rings (SSSR count). The highest BCUT2D eigenvalue weighted by Crippen LogP contribution is 2.38. The van der Waals surface area contributed by atoms with E-state index < -0.39 is 40.5 Å². The zero-order valence-electron chi connectivity index (χ0n) is 11.9. The second-order valence-electron chi connectivity index (χ2n) is 4.97. The number of nitrogens with zero attached hydrogens (tertiary/aromatic N) is 1. The first-order valence-electron chi connectivity index (χ1n) is 6.29. The normalized spacial score (nSPS) is 15.4. The van der Waals surface area contributed by atoms with Gasteiger partial charge in [0.05, 0.1) is 17.1 Å². The van der Waals surface area contributed by atoms with E-state index in [-0.39, 0.29) is 12.0 Å². The number of hydrogen-bond donors (Lipinski definition) is 0. The van der Waals surface area contributed by atoms with Gasteiger partial charge in [-0.3, -0.25) is 9.59 Å². The molecule has 0 unspecified atom stereocenters. The van der Waals surface area contributed by atoms with Crippen molar-refractivity contribution in [2.24, 2.45) is 0 Å². The smallest absolute Gasteiger partial charge is 0.404 e. The Kier molecular flexibility index (Phi) is 4.39. The highest BCUT2D eigenvalue weighted by atomic mass is 35.5. The highest BCUT2D eigenvalue weighted by Gasteiger charge is 2.38. The topological polar surface area (TPSA) is 46.6 Å². The molecule has 0 spiro atoms. The molecule has 0 N–H and O–H groups in total. The molecule has 1 aliphatic heterocycles. The SMILES string of the molecule is CC(C)=C1CC(=O)N(c2cc(OC(F)(F)F)c(Cl)cc2F)C1=O. The molecule has 1 aromatic carbocycles. The molecule has 0 radical (unpaired) electrons. The lowest BCUT2D eigenvalue weighted by molar-refractivity contribution is -0.274. The largest absolute Gasteiger partial charge is 0.573 e. The average molecular weight is 352 g/mol. The molecule has 0 saturated carbocycles. The van der Waals surface area contributed by atoms with Crippen molar-refractivity contribution in [3.05, 3.63) is 34.1 Å². The third kappa shape index (κ3) is 3.47. The van der Waals surface area contributed by atoms with Crippen LogP contribution in [0.5, 0.6) is 5.75 Å². The van der Waals surface area contributed by atoms with Crippen molar-refractivity contribution in [1.82, 2.24) is 0 Å². The quantitative estimate of drug-likeness (QED) is 0.460. The minimum Gasteiger partial charge on any atom is -0.404 e. The minimum atomic E-state index is -5.05. The molecule has 0 atom stereocenters. The van der Waals surface area contributed by atoms with Crippen molar-refractivity contribution in [3.8, 4) is 5.75 Å². The zero-order valence-corrected chi connectivity index (χ0v) is 12.7. The summed E-state index contributed by atoms with van der Waals surface area (Å²) in [6.07, 6.45) is -5.30. The monoisotopic (exact) mass is 351 g/mol. The summed E-state index contributed by atoms with van der Waals surface area (Å²) >= 11 is 5.50. The Balaban J connectivity index is 2.52. The van der Waals surface area contributed by atoms with Crippen LogP contribution < -0.4 is 9.64 Å². The second-order valence-corrected chi connectivity index (χ2v) is 5.38. The number of hydrogen-bond acceptors (Lipinski definition) is 3. The summed E-state index contributed by atoms with van der Waals surface area (Å²) in [5.41, 5.74) is 0.0922. The van der Waals surface area contributed by atoms with E-state index in [1.165, 1.54) is 0 Å². The van der Waals surface area contributed by atoms with Gasteiger partial charge in [-0.2, -0.15) is 0 Å². The van der Waals surface area contributed by atoms with Gasteiger partial charge >= 0.3 is 6.36 Å². The van der Waals surface area contributed by atoms with Crippen molar-refractivity contribution < 1.29 is 31.9 Å². The summed E-state index contributed by atoms with van der Waals surface area (Å²) in [4.78, 5) is 24.6. The Hall–Kier alpha value is -2.09. The number of alkyl halides is 3. The fraction of sp³-hybridized carbons (Fsp3) is 0.286. The molecular formula is C14H10ClF4NO3. The van der Waals surface area contributed by atoms with Crippen LogP contribution in [0.2, 0.25) is 5.02 Å². The molecule has 1 aliphatic rings. The van der Waals surface area contributed by atoms with Gasteiger partial charge in [-0.15, -0.1) is 13.2 Å². The predicted molar refractivity (Wildman–Crippen MR) is 73.6 cm³/mol. The van der Waals surface area contributed by atoms with E-state index in [1.807, 2.05) is 0 Å². The third-order valence-electron chi connectivity index (χ3n) is 3.11. The van der Waals surface area contributed by atoms with Crippen LogP contribution in [-0.2, 0) is 9.59 Å². The lowest BCUT2D eigenvalue weighted by atomic mass is 10.1. The fourth-order valence-electron chi connectivity index (χ4n) is 2.08. The van der Waals surface area contributed by atoms with Gasteiger partial charge in [0.15, 0.2) is 0 Å². The maximum absolute atomic E-state index is 14.0. The molecular weight excluding hydrogens is 342 g/mol. The highest BCUT2D eigenvalue weighted by molar-refractivity contribution is 6.32. The van der Waals surface area contributed by atoms with Crippen LogP contribution in [-0.4, -0.2) is 18.2 Å². The Labute approximate surface area is 133 Å². The van der Waals surface area contributed by atoms with Crippen LogP contribution in [0.15, 0.2) is 23.3 Å². The van der Waals surface area contributed by atoms with E-state index in [1.54, 1.807) is 13.8 Å². The lowest BCUT2D eigenvalue weighted by Gasteiger charge is -2.17. The molecule has 0 aliphatic carbocycles. The second kappa shape index (κ2) is 5.84. The number of carbonyl (C=O) groups excluding carboxylic acids is 2. The number of imide groups is 1. The van der Waals surface area contributed by atoms with E-state index >= 15 is 0 Å². The average Bonchev–Trinajstić information content (AvgIpc) is 2.67. The maximum Gasteiger partial charge on any atom is 0.573 e. The number of amides is 2. The first-order valence-corrected chi connectivity index (χ1v) is 6.67. The van der Waals surface area contributed by atoms with Crippen LogP contribution in [0, 0.1) is 5.82 Å². The first kappa shape index (κ1) is 17.3.